The number of hydrogen-bond acceptors (Lipinski definition) is 2. The van der Waals surface area contributed by atoms with Crippen molar-refractivity contribution in [3.8, 4) is 5.75 Å². The van der Waals surface area contributed by atoms with Gasteiger partial charge in [-0.1, -0.05) is 46.4 Å². The minimum atomic E-state index is 0.179. The summed E-state index contributed by atoms with van der Waals surface area (Å²) >= 11 is 0. The third kappa shape index (κ3) is 5.07. The Hall–Kier alpha value is -1.28. The van der Waals surface area contributed by atoms with Crippen LogP contribution in [0.4, 0.5) is 0 Å². The molecule has 2 nitrogen and oxygen atoms in total. The lowest BCUT2D eigenvalue weighted by Gasteiger charge is -2.20. The van der Waals surface area contributed by atoms with Gasteiger partial charge >= 0.3 is 0 Å². The Morgan fingerprint density at radius 3 is 2.53 bits per heavy atom. The minimum absolute atomic E-state index is 0.179. The van der Waals surface area contributed by atoms with E-state index in [0.29, 0.717) is 6.61 Å². The average Bonchev–Trinajstić information content (AvgIpc) is 2.33. The van der Waals surface area contributed by atoms with Crippen LogP contribution in [0.15, 0.2) is 30.4 Å². The van der Waals surface area contributed by atoms with E-state index in [1.165, 1.54) is 11.1 Å². The van der Waals surface area contributed by atoms with E-state index in [1.807, 2.05) is 0 Å². The SMILES string of the molecule is C=C(CNCC)COc1ccc(C(C)(C)C)cc1C. The lowest BCUT2D eigenvalue weighted by atomic mass is 9.86. The molecule has 0 fully saturated rings. The minimum Gasteiger partial charge on any atom is -0.489 e. The highest BCUT2D eigenvalue weighted by molar-refractivity contribution is 5.38. The summed E-state index contributed by atoms with van der Waals surface area (Å²) in [5, 5.41) is 3.25. The van der Waals surface area contributed by atoms with Gasteiger partial charge in [0.25, 0.3) is 0 Å². The maximum Gasteiger partial charge on any atom is 0.122 e. The molecule has 0 unspecified atom stereocenters. The van der Waals surface area contributed by atoms with Gasteiger partial charge in [0, 0.05) is 6.54 Å². The van der Waals surface area contributed by atoms with Crippen molar-refractivity contribution in [1.29, 1.82) is 0 Å². The fraction of sp³-hybridized carbons (Fsp3) is 0.529. The predicted octanol–water partition coefficient (Wildman–Crippen LogP) is 3.84. The van der Waals surface area contributed by atoms with Gasteiger partial charge in [-0.2, -0.15) is 0 Å². The van der Waals surface area contributed by atoms with Crippen LogP contribution in [0.2, 0.25) is 0 Å². The zero-order chi connectivity index (χ0) is 14.5. The van der Waals surface area contributed by atoms with E-state index < -0.39 is 0 Å². The van der Waals surface area contributed by atoms with Crippen LogP contribution in [0.1, 0.15) is 38.8 Å². The lowest BCUT2D eigenvalue weighted by Crippen LogP contribution is -2.19. The van der Waals surface area contributed by atoms with Crippen LogP contribution in [0.3, 0.4) is 0 Å². The summed E-state index contributed by atoms with van der Waals surface area (Å²) in [6.07, 6.45) is 0. The number of hydrogen-bond donors (Lipinski definition) is 1. The van der Waals surface area contributed by atoms with Crippen molar-refractivity contribution in [3.63, 3.8) is 0 Å². The second kappa shape index (κ2) is 6.76. The van der Waals surface area contributed by atoms with Gasteiger partial charge in [-0.05, 0) is 41.6 Å². The summed E-state index contributed by atoms with van der Waals surface area (Å²) in [5.74, 6) is 0.950. The van der Waals surface area contributed by atoms with Crippen LogP contribution >= 0.6 is 0 Å². The second-order valence-corrected chi connectivity index (χ2v) is 6.05. The summed E-state index contributed by atoms with van der Waals surface area (Å²) in [7, 11) is 0. The summed E-state index contributed by atoms with van der Waals surface area (Å²) < 4.78 is 5.82. The van der Waals surface area contributed by atoms with E-state index in [1.54, 1.807) is 0 Å². The molecule has 0 saturated heterocycles. The molecule has 1 aromatic carbocycles. The molecule has 0 aliphatic heterocycles. The summed E-state index contributed by atoms with van der Waals surface area (Å²) in [6, 6.07) is 6.42. The third-order valence-electron chi connectivity index (χ3n) is 3.10. The van der Waals surface area contributed by atoms with Crippen LogP contribution in [0.5, 0.6) is 5.75 Å². The Balaban J connectivity index is 2.63. The fourth-order valence-electron chi connectivity index (χ4n) is 1.81. The lowest BCUT2D eigenvalue weighted by molar-refractivity contribution is 0.346. The molecule has 1 N–H and O–H groups in total. The molecule has 1 aromatic rings. The maximum atomic E-state index is 5.82. The first-order valence-electron chi connectivity index (χ1n) is 6.96. The van der Waals surface area contributed by atoms with Crippen LogP contribution in [-0.2, 0) is 5.41 Å². The van der Waals surface area contributed by atoms with Crippen molar-refractivity contribution >= 4 is 0 Å². The van der Waals surface area contributed by atoms with Gasteiger partial charge in [-0.25, -0.2) is 0 Å². The Morgan fingerprint density at radius 1 is 1.32 bits per heavy atom. The van der Waals surface area contributed by atoms with Crippen LogP contribution < -0.4 is 10.1 Å². The molecule has 19 heavy (non-hydrogen) atoms. The van der Waals surface area contributed by atoms with Gasteiger partial charge in [0.15, 0.2) is 0 Å². The molecule has 0 radical (unpaired) electrons. The first-order valence-corrected chi connectivity index (χ1v) is 6.96. The molecular formula is C17H27NO. The van der Waals surface area contributed by atoms with Gasteiger partial charge < -0.3 is 10.1 Å². The zero-order valence-corrected chi connectivity index (χ0v) is 13.0. The highest BCUT2D eigenvalue weighted by atomic mass is 16.5. The maximum absolute atomic E-state index is 5.82. The molecule has 0 bridgehead atoms. The molecule has 0 spiro atoms. The largest absolute Gasteiger partial charge is 0.489 e. The third-order valence-corrected chi connectivity index (χ3v) is 3.10. The summed E-state index contributed by atoms with van der Waals surface area (Å²) in [4.78, 5) is 0. The number of likely N-dealkylation sites (N-methyl/N-ethyl adjacent to an activating group) is 1. The number of aryl methyl sites for hydroxylation is 1. The Morgan fingerprint density at radius 2 is 2.00 bits per heavy atom. The molecular weight excluding hydrogens is 234 g/mol. The van der Waals surface area contributed by atoms with Crippen molar-refractivity contribution in [2.24, 2.45) is 0 Å². The van der Waals surface area contributed by atoms with Gasteiger partial charge in [0.05, 0.1) is 0 Å². The fourth-order valence-corrected chi connectivity index (χ4v) is 1.81. The van der Waals surface area contributed by atoms with E-state index in [-0.39, 0.29) is 5.41 Å². The van der Waals surface area contributed by atoms with Crippen molar-refractivity contribution < 1.29 is 4.74 Å². The van der Waals surface area contributed by atoms with Gasteiger partial charge in [-0.15, -0.1) is 0 Å². The van der Waals surface area contributed by atoms with Gasteiger partial charge in [0.2, 0.25) is 0 Å². The molecule has 106 valence electrons. The Bertz CT molecular complexity index is 429. The van der Waals surface area contributed by atoms with Crippen LogP contribution in [0, 0.1) is 6.92 Å². The molecule has 0 aliphatic carbocycles. The van der Waals surface area contributed by atoms with E-state index in [2.05, 4.69) is 64.7 Å². The molecule has 2 heteroatoms. The average molecular weight is 261 g/mol. The number of nitrogens with one attached hydrogen (secondary N) is 1. The second-order valence-electron chi connectivity index (χ2n) is 6.05. The van der Waals surface area contributed by atoms with E-state index >= 15 is 0 Å². The molecule has 1 rings (SSSR count). The van der Waals surface area contributed by atoms with E-state index in [0.717, 1.165) is 24.4 Å². The number of benzene rings is 1. The highest BCUT2D eigenvalue weighted by Crippen LogP contribution is 2.27. The predicted molar refractivity (Wildman–Crippen MR) is 83.1 cm³/mol. The highest BCUT2D eigenvalue weighted by Gasteiger charge is 2.14. The number of rotatable bonds is 6. The number of ether oxygens (including phenoxy) is 1. The van der Waals surface area contributed by atoms with E-state index in [9.17, 15) is 0 Å². The standard InChI is InChI=1S/C17H27NO/c1-7-18-11-13(2)12-19-16-9-8-15(10-14(16)3)17(4,5)6/h8-10,18H,2,7,11-12H2,1,3-6H3. The zero-order valence-electron chi connectivity index (χ0n) is 13.0. The Labute approximate surface area is 117 Å². The molecule has 0 aliphatic rings. The van der Waals surface area contributed by atoms with Gasteiger partial charge in [-0.3, -0.25) is 0 Å². The summed E-state index contributed by atoms with van der Waals surface area (Å²) in [5.41, 5.74) is 3.77. The van der Waals surface area contributed by atoms with Crippen LogP contribution in [-0.4, -0.2) is 19.7 Å². The van der Waals surface area contributed by atoms with Crippen LogP contribution in [0.25, 0.3) is 0 Å². The molecule has 0 amide bonds. The Kier molecular flexibility index (Phi) is 5.61. The van der Waals surface area contributed by atoms with Gasteiger partial charge in [0.1, 0.15) is 12.4 Å². The normalized spacial score (nSPS) is 11.4. The van der Waals surface area contributed by atoms with Crippen molar-refractivity contribution in [2.45, 2.75) is 40.0 Å². The quantitative estimate of drug-likeness (QED) is 0.786. The van der Waals surface area contributed by atoms with E-state index in [4.69, 9.17) is 4.74 Å². The first kappa shape index (κ1) is 15.8. The molecule has 0 aromatic heterocycles. The topological polar surface area (TPSA) is 21.3 Å². The van der Waals surface area contributed by atoms with Crippen molar-refractivity contribution in [1.82, 2.24) is 5.32 Å². The summed E-state index contributed by atoms with van der Waals surface area (Å²) in [6.45, 7) is 17.2. The first-order chi connectivity index (χ1) is 8.84. The monoisotopic (exact) mass is 261 g/mol. The smallest absolute Gasteiger partial charge is 0.122 e. The van der Waals surface area contributed by atoms with Crippen molar-refractivity contribution in [2.75, 3.05) is 19.7 Å². The molecule has 0 saturated carbocycles. The molecule has 0 atom stereocenters. The molecule has 0 heterocycles. The van der Waals surface area contributed by atoms with Crippen molar-refractivity contribution in [3.05, 3.63) is 41.5 Å².